The lowest BCUT2D eigenvalue weighted by molar-refractivity contribution is 0.0621. The summed E-state index contributed by atoms with van der Waals surface area (Å²) in [6.45, 7) is 10.5. The molecule has 1 fully saturated rings. The lowest BCUT2D eigenvalue weighted by Crippen LogP contribution is -2.48. The monoisotopic (exact) mass is 396 g/mol. The van der Waals surface area contributed by atoms with Gasteiger partial charge in [0.1, 0.15) is 12.4 Å². The van der Waals surface area contributed by atoms with Crippen molar-refractivity contribution in [3.05, 3.63) is 52.9 Å². The van der Waals surface area contributed by atoms with Gasteiger partial charge in [-0.15, -0.1) is 0 Å². The summed E-state index contributed by atoms with van der Waals surface area (Å²) in [6, 6.07) is 3.82. The maximum atomic E-state index is 12.9. The average Bonchev–Trinajstić information content (AvgIpc) is 3.35. The van der Waals surface area contributed by atoms with Crippen molar-refractivity contribution >= 4 is 5.91 Å². The second kappa shape index (κ2) is 7.82. The molecule has 9 nitrogen and oxygen atoms in total. The molecule has 29 heavy (non-hydrogen) atoms. The molecule has 3 aromatic rings. The normalized spacial score (nSPS) is 15.2. The Labute approximate surface area is 170 Å². The first kappa shape index (κ1) is 19.4. The molecule has 0 aliphatic carbocycles. The van der Waals surface area contributed by atoms with Gasteiger partial charge in [-0.25, -0.2) is 4.68 Å². The van der Waals surface area contributed by atoms with E-state index in [4.69, 9.17) is 0 Å². The summed E-state index contributed by atoms with van der Waals surface area (Å²) in [5.74, 6) is -0.00525. The summed E-state index contributed by atoms with van der Waals surface area (Å²) in [5.41, 5.74) is 4.86. The maximum Gasteiger partial charge on any atom is 0.274 e. The number of hydrogen-bond donors (Lipinski definition) is 0. The predicted octanol–water partition coefficient (Wildman–Crippen LogP) is 1.20. The van der Waals surface area contributed by atoms with Crippen molar-refractivity contribution in [2.45, 2.75) is 34.0 Å². The summed E-state index contributed by atoms with van der Waals surface area (Å²) < 4.78 is 5.50. The molecule has 0 atom stereocenters. The third kappa shape index (κ3) is 4.24. The van der Waals surface area contributed by atoms with Gasteiger partial charge in [-0.05, 0) is 32.9 Å². The molecule has 4 rings (SSSR count). The van der Waals surface area contributed by atoms with Crippen molar-refractivity contribution < 1.29 is 4.79 Å². The predicted molar refractivity (Wildman–Crippen MR) is 108 cm³/mol. The summed E-state index contributed by atoms with van der Waals surface area (Å²) >= 11 is 0. The van der Waals surface area contributed by atoms with Crippen LogP contribution in [0.25, 0.3) is 0 Å². The molecule has 0 saturated carbocycles. The first-order chi connectivity index (χ1) is 13.9. The fourth-order valence-corrected chi connectivity index (χ4v) is 3.83. The number of piperazine rings is 1. The van der Waals surface area contributed by atoms with Gasteiger partial charge in [0.2, 0.25) is 0 Å². The third-order valence-electron chi connectivity index (χ3n) is 5.41. The van der Waals surface area contributed by atoms with E-state index in [9.17, 15) is 4.79 Å². The van der Waals surface area contributed by atoms with Crippen LogP contribution in [-0.2, 0) is 20.3 Å². The lowest BCUT2D eigenvalue weighted by atomic mass is 10.2. The van der Waals surface area contributed by atoms with Gasteiger partial charge in [-0.3, -0.25) is 19.1 Å². The topological polar surface area (TPSA) is 77.0 Å². The Bertz CT molecular complexity index is 1010. The SMILES string of the molecule is Cc1cc(C)n(Cn2ccc(C(=O)N3CCN(Cc4cn(C)nc4C)CC3)n2)n1. The van der Waals surface area contributed by atoms with Gasteiger partial charge in [0.25, 0.3) is 5.91 Å². The van der Waals surface area contributed by atoms with Crippen LogP contribution < -0.4 is 0 Å². The van der Waals surface area contributed by atoms with Crippen molar-refractivity contribution in [2.24, 2.45) is 7.05 Å². The molecule has 1 aliphatic rings. The molecule has 1 amide bonds. The van der Waals surface area contributed by atoms with E-state index in [1.165, 1.54) is 5.56 Å². The standard InChI is InChI=1S/C20H28N8O/c1-15-11-16(2)28(21-15)14-27-6-5-19(23-27)20(29)26-9-7-25(8-10-26)13-18-12-24(4)22-17(18)3/h5-6,11-12H,7-10,13-14H2,1-4H3. The molecular weight excluding hydrogens is 368 g/mol. The molecule has 0 radical (unpaired) electrons. The highest BCUT2D eigenvalue weighted by molar-refractivity contribution is 5.92. The first-order valence-electron chi connectivity index (χ1n) is 9.94. The van der Waals surface area contributed by atoms with Gasteiger partial charge in [-0.1, -0.05) is 0 Å². The van der Waals surface area contributed by atoms with Gasteiger partial charge >= 0.3 is 0 Å². The van der Waals surface area contributed by atoms with Gasteiger partial charge in [0, 0.05) is 63.4 Å². The molecule has 0 bridgehead atoms. The molecule has 3 aromatic heterocycles. The fourth-order valence-electron chi connectivity index (χ4n) is 3.83. The molecule has 0 spiro atoms. The van der Waals surface area contributed by atoms with Crippen LogP contribution >= 0.6 is 0 Å². The van der Waals surface area contributed by atoms with E-state index in [-0.39, 0.29) is 5.91 Å². The second-order valence-corrected chi connectivity index (χ2v) is 7.79. The van der Waals surface area contributed by atoms with Gasteiger partial charge < -0.3 is 4.90 Å². The number of aryl methyl sites for hydroxylation is 4. The van der Waals surface area contributed by atoms with Crippen LogP contribution in [-0.4, -0.2) is 71.2 Å². The minimum absolute atomic E-state index is 0.00525. The number of hydrogen-bond acceptors (Lipinski definition) is 5. The number of rotatable bonds is 5. The zero-order valence-electron chi connectivity index (χ0n) is 17.5. The van der Waals surface area contributed by atoms with Gasteiger partial charge in [-0.2, -0.15) is 15.3 Å². The Morgan fingerprint density at radius 3 is 2.45 bits per heavy atom. The van der Waals surface area contributed by atoms with Crippen LogP contribution in [0.1, 0.15) is 33.1 Å². The Balaban J connectivity index is 1.33. The third-order valence-corrected chi connectivity index (χ3v) is 5.41. The van der Waals surface area contributed by atoms with Crippen LogP contribution in [0.3, 0.4) is 0 Å². The van der Waals surface area contributed by atoms with Gasteiger partial charge in [0.15, 0.2) is 0 Å². The van der Waals surface area contributed by atoms with E-state index in [1.54, 1.807) is 10.7 Å². The van der Waals surface area contributed by atoms with Crippen LogP contribution in [0, 0.1) is 20.8 Å². The molecular formula is C20H28N8O. The van der Waals surface area contributed by atoms with E-state index < -0.39 is 0 Å². The second-order valence-electron chi connectivity index (χ2n) is 7.79. The largest absolute Gasteiger partial charge is 0.335 e. The lowest BCUT2D eigenvalue weighted by Gasteiger charge is -2.34. The Morgan fingerprint density at radius 1 is 1.07 bits per heavy atom. The number of carbonyl (C=O) groups excluding carboxylic acids is 1. The van der Waals surface area contributed by atoms with Crippen LogP contribution in [0.5, 0.6) is 0 Å². The van der Waals surface area contributed by atoms with Crippen LogP contribution in [0.15, 0.2) is 24.5 Å². The maximum absolute atomic E-state index is 12.9. The Hall–Kier alpha value is -2.94. The molecule has 1 aliphatic heterocycles. The average molecular weight is 396 g/mol. The number of nitrogens with zero attached hydrogens (tertiary/aromatic N) is 8. The summed E-state index contributed by atoms with van der Waals surface area (Å²) in [7, 11) is 1.95. The van der Waals surface area contributed by atoms with E-state index in [1.807, 2.05) is 54.3 Å². The fraction of sp³-hybridized carbons (Fsp3) is 0.500. The highest BCUT2D eigenvalue weighted by Crippen LogP contribution is 2.13. The molecule has 0 unspecified atom stereocenters. The van der Waals surface area contributed by atoms with Crippen molar-refractivity contribution in [3.8, 4) is 0 Å². The first-order valence-corrected chi connectivity index (χ1v) is 9.94. The highest BCUT2D eigenvalue weighted by Gasteiger charge is 2.24. The smallest absolute Gasteiger partial charge is 0.274 e. The van der Waals surface area contributed by atoms with Crippen molar-refractivity contribution in [2.75, 3.05) is 26.2 Å². The highest BCUT2D eigenvalue weighted by atomic mass is 16.2. The Morgan fingerprint density at radius 2 is 1.83 bits per heavy atom. The van der Waals surface area contributed by atoms with Crippen LogP contribution in [0.2, 0.25) is 0 Å². The van der Waals surface area contributed by atoms with E-state index in [2.05, 4.69) is 26.4 Å². The minimum Gasteiger partial charge on any atom is -0.335 e. The summed E-state index contributed by atoms with van der Waals surface area (Å²) in [6.07, 6.45) is 3.91. The van der Waals surface area contributed by atoms with Gasteiger partial charge in [0.05, 0.1) is 11.4 Å². The number of amides is 1. The Kier molecular flexibility index (Phi) is 5.23. The van der Waals surface area contributed by atoms with E-state index >= 15 is 0 Å². The molecule has 0 N–H and O–H groups in total. The minimum atomic E-state index is -0.00525. The molecule has 4 heterocycles. The molecule has 0 aromatic carbocycles. The molecule has 1 saturated heterocycles. The van der Waals surface area contributed by atoms with Crippen molar-refractivity contribution in [3.63, 3.8) is 0 Å². The molecule has 9 heteroatoms. The van der Waals surface area contributed by atoms with Crippen molar-refractivity contribution in [1.29, 1.82) is 0 Å². The number of aromatic nitrogens is 6. The summed E-state index contributed by atoms with van der Waals surface area (Å²) in [5, 5.41) is 13.3. The zero-order chi connectivity index (χ0) is 20.5. The van der Waals surface area contributed by atoms with Crippen LogP contribution in [0.4, 0.5) is 0 Å². The summed E-state index contributed by atoms with van der Waals surface area (Å²) in [4.78, 5) is 17.1. The number of carbonyl (C=O) groups is 1. The van der Waals surface area contributed by atoms with E-state index in [0.29, 0.717) is 25.5 Å². The quantitative estimate of drug-likeness (QED) is 0.648. The molecule has 154 valence electrons. The van der Waals surface area contributed by atoms with Crippen molar-refractivity contribution in [1.82, 2.24) is 39.1 Å². The van der Waals surface area contributed by atoms with E-state index in [0.717, 1.165) is 36.7 Å². The zero-order valence-corrected chi connectivity index (χ0v) is 17.5.